The Morgan fingerprint density at radius 3 is 2.17 bits per heavy atom. The van der Waals surface area contributed by atoms with Gasteiger partial charge in [0.2, 0.25) is 0 Å². The van der Waals surface area contributed by atoms with Gasteiger partial charge in [0.15, 0.2) is 0 Å². The molecule has 194 valence electrons. The smallest absolute Gasteiger partial charge is 0.147 e. The van der Waals surface area contributed by atoms with Crippen LogP contribution in [0.25, 0.3) is 11.1 Å². The molecule has 0 N–H and O–H groups in total. The number of hydrogen-bond donors (Lipinski definition) is 0. The average molecular weight is 493 g/mol. The van der Waals surface area contributed by atoms with Crippen LogP contribution in [0.2, 0.25) is 0 Å². The van der Waals surface area contributed by atoms with Crippen molar-refractivity contribution in [3.8, 4) is 0 Å². The lowest BCUT2D eigenvalue weighted by atomic mass is 9.82. The second-order valence-corrected chi connectivity index (χ2v) is 12.0. The predicted octanol–water partition coefficient (Wildman–Crippen LogP) is 7.84. The fourth-order valence-corrected chi connectivity index (χ4v) is 5.71. The zero-order valence-corrected chi connectivity index (χ0v) is 22.3. The highest BCUT2D eigenvalue weighted by atomic mass is 16.5. The van der Waals surface area contributed by atoms with E-state index >= 15 is 0 Å². The van der Waals surface area contributed by atoms with Gasteiger partial charge in [-0.3, -0.25) is 0 Å². The van der Waals surface area contributed by atoms with E-state index in [1.807, 2.05) is 6.26 Å². The first-order valence-corrected chi connectivity index (χ1v) is 14.1. The van der Waals surface area contributed by atoms with Crippen molar-refractivity contribution in [3.05, 3.63) is 46.4 Å². The van der Waals surface area contributed by atoms with Crippen LogP contribution in [0.3, 0.4) is 0 Å². The van der Waals surface area contributed by atoms with Crippen molar-refractivity contribution in [1.82, 2.24) is 10.3 Å². The third kappa shape index (κ3) is 4.69. The molecule has 0 aromatic carbocycles. The SMILES string of the molecule is CC(C)c1noc(C2CC2)c1C1=CCC(C)(OCC(C)c2noc(C3CC3)c2C2=COCCC2)CC1. The van der Waals surface area contributed by atoms with E-state index in [-0.39, 0.29) is 11.5 Å². The number of allylic oxidation sites excluding steroid dienone is 2. The normalized spacial score (nSPS) is 25.5. The van der Waals surface area contributed by atoms with E-state index in [0.29, 0.717) is 24.4 Å². The van der Waals surface area contributed by atoms with Crippen LogP contribution in [-0.2, 0) is 9.47 Å². The van der Waals surface area contributed by atoms with Crippen LogP contribution in [-0.4, -0.2) is 29.1 Å². The van der Waals surface area contributed by atoms with Gasteiger partial charge in [-0.15, -0.1) is 0 Å². The second kappa shape index (κ2) is 9.51. The Balaban J connectivity index is 1.16. The number of ether oxygens (including phenoxy) is 2. The first kappa shape index (κ1) is 24.0. The van der Waals surface area contributed by atoms with Crippen LogP contribution in [0, 0.1) is 0 Å². The minimum Gasteiger partial charge on any atom is -0.501 e. The van der Waals surface area contributed by atoms with Crippen molar-refractivity contribution in [2.45, 2.75) is 115 Å². The van der Waals surface area contributed by atoms with Crippen LogP contribution >= 0.6 is 0 Å². The largest absolute Gasteiger partial charge is 0.501 e. The summed E-state index contributed by atoms with van der Waals surface area (Å²) in [6, 6.07) is 0. The van der Waals surface area contributed by atoms with Gasteiger partial charge >= 0.3 is 0 Å². The molecule has 2 atom stereocenters. The highest BCUT2D eigenvalue weighted by Gasteiger charge is 2.38. The number of aromatic nitrogens is 2. The van der Waals surface area contributed by atoms with Gasteiger partial charge in [-0.05, 0) is 81.8 Å². The lowest BCUT2D eigenvalue weighted by molar-refractivity contribution is -0.0423. The van der Waals surface area contributed by atoms with E-state index in [9.17, 15) is 0 Å². The summed E-state index contributed by atoms with van der Waals surface area (Å²) >= 11 is 0. The predicted molar refractivity (Wildman–Crippen MR) is 139 cm³/mol. The fourth-order valence-electron chi connectivity index (χ4n) is 5.71. The third-order valence-corrected chi connectivity index (χ3v) is 8.36. The third-order valence-electron chi connectivity index (χ3n) is 8.36. The molecule has 2 fully saturated rings. The summed E-state index contributed by atoms with van der Waals surface area (Å²) in [6.45, 7) is 10.3. The Bertz CT molecular complexity index is 1140. The Kier molecular flexibility index (Phi) is 6.35. The number of rotatable bonds is 9. The summed E-state index contributed by atoms with van der Waals surface area (Å²) in [6.07, 6.45) is 14.1. The molecule has 2 aromatic heterocycles. The molecule has 4 aliphatic rings. The maximum atomic E-state index is 6.63. The fraction of sp³-hybridized carbons (Fsp3) is 0.667. The molecule has 36 heavy (non-hydrogen) atoms. The van der Waals surface area contributed by atoms with Gasteiger partial charge in [-0.1, -0.05) is 37.2 Å². The van der Waals surface area contributed by atoms with Crippen molar-refractivity contribution < 1.29 is 18.5 Å². The van der Waals surface area contributed by atoms with Gasteiger partial charge < -0.3 is 18.5 Å². The molecule has 2 aromatic rings. The zero-order chi connectivity index (χ0) is 24.9. The van der Waals surface area contributed by atoms with Crippen molar-refractivity contribution in [3.63, 3.8) is 0 Å². The molecule has 6 rings (SSSR count). The van der Waals surface area contributed by atoms with Gasteiger partial charge in [0.1, 0.15) is 11.5 Å². The van der Waals surface area contributed by atoms with Crippen LogP contribution in [0.1, 0.15) is 143 Å². The van der Waals surface area contributed by atoms with E-state index in [0.717, 1.165) is 61.6 Å². The van der Waals surface area contributed by atoms with E-state index in [1.165, 1.54) is 48.0 Å². The van der Waals surface area contributed by atoms with Gasteiger partial charge in [-0.25, -0.2) is 0 Å². The molecule has 3 heterocycles. The molecule has 1 aliphatic heterocycles. The highest BCUT2D eigenvalue weighted by molar-refractivity contribution is 5.71. The van der Waals surface area contributed by atoms with E-state index in [4.69, 9.17) is 18.5 Å². The van der Waals surface area contributed by atoms with E-state index in [1.54, 1.807) is 0 Å². The molecule has 0 spiro atoms. The molecule has 0 amide bonds. The Labute approximate surface area is 214 Å². The molecule has 0 saturated heterocycles. The molecular formula is C30H40N2O4. The summed E-state index contributed by atoms with van der Waals surface area (Å²) in [7, 11) is 0. The first-order valence-electron chi connectivity index (χ1n) is 14.1. The minimum absolute atomic E-state index is 0.161. The van der Waals surface area contributed by atoms with Crippen LogP contribution in [0.5, 0.6) is 0 Å². The Morgan fingerprint density at radius 1 is 0.944 bits per heavy atom. The molecule has 2 unspecified atom stereocenters. The molecule has 6 nitrogen and oxygen atoms in total. The summed E-state index contributed by atoms with van der Waals surface area (Å²) < 4.78 is 24.1. The quantitative estimate of drug-likeness (QED) is 0.355. The van der Waals surface area contributed by atoms with Crippen molar-refractivity contribution in [1.29, 1.82) is 0 Å². The van der Waals surface area contributed by atoms with Crippen LogP contribution < -0.4 is 0 Å². The lowest BCUT2D eigenvalue weighted by Gasteiger charge is -2.34. The highest BCUT2D eigenvalue weighted by Crippen LogP contribution is 2.48. The number of nitrogens with zero attached hydrogens (tertiary/aromatic N) is 2. The Hall–Kier alpha value is -2.34. The maximum absolute atomic E-state index is 6.63. The van der Waals surface area contributed by atoms with Gasteiger partial charge in [-0.2, -0.15) is 0 Å². The summed E-state index contributed by atoms with van der Waals surface area (Å²) in [4.78, 5) is 0. The van der Waals surface area contributed by atoms with Crippen LogP contribution in [0.15, 0.2) is 21.4 Å². The molecule has 6 heteroatoms. The summed E-state index contributed by atoms with van der Waals surface area (Å²) in [5.74, 6) is 3.79. The second-order valence-electron chi connectivity index (χ2n) is 12.0. The maximum Gasteiger partial charge on any atom is 0.147 e. The van der Waals surface area contributed by atoms with Gasteiger partial charge in [0.25, 0.3) is 0 Å². The standard InChI is InChI=1S/C30H40N2O4/c1-18(2)26-24(28(35-31-26)21-7-8-21)20-11-13-30(4,14-12-20)34-16-19(3)27-25(23-6-5-15-33-17-23)29(36-32-27)22-9-10-22/h11,17-19,21-22H,5-10,12-16H2,1-4H3. The van der Waals surface area contributed by atoms with Crippen LogP contribution in [0.4, 0.5) is 0 Å². The molecule has 0 radical (unpaired) electrons. The van der Waals surface area contributed by atoms with E-state index < -0.39 is 0 Å². The minimum atomic E-state index is -0.177. The first-order chi connectivity index (χ1) is 17.4. The zero-order valence-electron chi connectivity index (χ0n) is 22.3. The summed E-state index contributed by atoms with van der Waals surface area (Å²) in [5, 5.41) is 9.03. The van der Waals surface area contributed by atoms with Crippen molar-refractivity contribution in [2.75, 3.05) is 13.2 Å². The van der Waals surface area contributed by atoms with Crippen molar-refractivity contribution >= 4 is 11.1 Å². The van der Waals surface area contributed by atoms with Gasteiger partial charge in [0, 0.05) is 28.9 Å². The average Bonchev–Trinajstić information content (AvgIpc) is 3.82. The monoisotopic (exact) mass is 492 g/mol. The lowest BCUT2D eigenvalue weighted by Crippen LogP contribution is -2.32. The molecule has 2 saturated carbocycles. The topological polar surface area (TPSA) is 70.5 Å². The molecular weight excluding hydrogens is 452 g/mol. The van der Waals surface area contributed by atoms with Crippen molar-refractivity contribution in [2.24, 2.45) is 0 Å². The Morgan fingerprint density at radius 2 is 1.61 bits per heavy atom. The molecule has 0 bridgehead atoms. The van der Waals surface area contributed by atoms with Gasteiger partial charge in [0.05, 0.1) is 36.5 Å². The molecule has 3 aliphatic carbocycles. The number of hydrogen-bond acceptors (Lipinski definition) is 6. The van der Waals surface area contributed by atoms with E-state index in [2.05, 4.69) is 44.1 Å². The summed E-state index contributed by atoms with van der Waals surface area (Å²) in [5.41, 5.74) is 7.10.